The van der Waals surface area contributed by atoms with Gasteiger partial charge in [0.15, 0.2) is 0 Å². The minimum atomic E-state index is -3.80. The number of halogens is 2. The van der Waals surface area contributed by atoms with Gasteiger partial charge in [-0.3, -0.25) is 0 Å². The van der Waals surface area contributed by atoms with Gasteiger partial charge in [0, 0.05) is 48.5 Å². The first-order valence-electron chi connectivity index (χ1n) is 8.67. The van der Waals surface area contributed by atoms with Crippen LogP contribution in [-0.4, -0.2) is 45.7 Å². The molecule has 1 aliphatic rings. The summed E-state index contributed by atoms with van der Waals surface area (Å²) >= 11 is 6.00. The lowest BCUT2D eigenvalue weighted by molar-refractivity contribution is 0.418. The van der Waals surface area contributed by atoms with Gasteiger partial charge in [-0.15, -0.1) is 12.4 Å². The van der Waals surface area contributed by atoms with Gasteiger partial charge in [-0.25, -0.2) is 12.4 Å². The van der Waals surface area contributed by atoms with Gasteiger partial charge in [-0.2, -0.15) is 0 Å². The maximum Gasteiger partial charge on any atom is 0.268 e. The first-order chi connectivity index (χ1) is 13.0. The Morgan fingerprint density at radius 1 is 1.11 bits per heavy atom. The molecule has 0 atom stereocenters. The number of benzene rings is 2. The number of methoxy groups -OCH3 is 1. The van der Waals surface area contributed by atoms with Crippen LogP contribution in [0.25, 0.3) is 10.9 Å². The molecule has 1 aromatic heterocycles. The number of fused-ring (bicyclic) bond motifs is 1. The monoisotopic (exact) mass is 441 g/mol. The highest BCUT2D eigenvalue weighted by Gasteiger charge is 2.24. The second-order valence-electron chi connectivity index (χ2n) is 6.36. The van der Waals surface area contributed by atoms with E-state index in [0.717, 1.165) is 37.3 Å². The fraction of sp³-hybridized carbons (Fsp3) is 0.263. The SMILES string of the molecule is COc1ccc(N2CCNCC2)c2ccn(S(=O)(=O)c3cccc(Cl)c3)c12.Cl. The highest BCUT2D eigenvalue weighted by Crippen LogP contribution is 2.36. The molecule has 2 heterocycles. The molecule has 3 aromatic rings. The van der Waals surface area contributed by atoms with Crippen LogP contribution in [0, 0.1) is 0 Å². The van der Waals surface area contributed by atoms with Crippen molar-refractivity contribution in [3.63, 3.8) is 0 Å². The first-order valence-corrected chi connectivity index (χ1v) is 10.5. The molecule has 28 heavy (non-hydrogen) atoms. The molecule has 1 fully saturated rings. The lowest BCUT2D eigenvalue weighted by Gasteiger charge is -2.30. The van der Waals surface area contributed by atoms with Crippen molar-refractivity contribution in [1.82, 2.24) is 9.29 Å². The molecule has 0 bridgehead atoms. The molecule has 0 unspecified atom stereocenters. The second-order valence-corrected chi connectivity index (χ2v) is 8.61. The Morgan fingerprint density at radius 3 is 2.54 bits per heavy atom. The quantitative estimate of drug-likeness (QED) is 0.672. The van der Waals surface area contributed by atoms with Gasteiger partial charge < -0.3 is 15.0 Å². The zero-order valence-corrected chi connectivity index (χ0v) is 17.6. The Morgan fingerprint density at radius 2 is 1.86 bits per heavy atom. The highest BCUT2D eigenvalue weighted by atomic mass is 35.5. The molecular formula is C19H21Cl2N3O3S. The predicted octanol–water partition coefficient (Wildman–Crippen LogP) is 3.37. The smallest absolute Gasteiger partial charge is 0.268 e. The number of nitrogens with zero attached hydrogens (tertiary/aromatic N) is 2. The van der Waals surface area contributed by atoms with Crippen LogP contribution in [-0.2, 0) is 10.0 Å². The third-order valence-corrected chi connectivity index (χ3v) is 6.69. The van der Waals surface area contributed by atoms with Gasteiger partial charge in [-0.1, -0.05) is 17.7 Å². The van der Waals surface area contributed by atoms with Gasteiger partial charge in [0.2, 0.25) is 0 Å². The van der Waals surface area contributed by atoms with Crippen LogP contribution in [0.2, 0.25) is 5.02 Å². The Labute approximate surface area is 175 Å². The molecule has 150 valence electrons. The van der Waals surface area contributed by atoms with Gasteiger partial charge >= 0.3 is 0 Å². The summed E-state index contributed by atoms with van der Waals surface area (Å²) in [6, 6.07) is 11.9. The highest BCUT2D eigenvalue weighted by molar-refractivity contribution is 7.90. The molecule has 9 heteroatoms. The fourth-order valence-electron chi connectivity index (χ4n) is 3.47. The van der Waals surface area contributed by atoms with Crippen LogP contribution in [0.4, 0.5) is 5.69 Å². The van der Waals surface area contributed by atoms with Crippen molar-refractivity contribution in [2.24, 2.45) is 0 Å². The van der Waals surface area contributed by atoms with Crippen molar-refractivity contribution in [3.05, 3.63) is 53.7 Å². The largest absolute Gasteiger partial charge is 0.495 e. The van der Waals surface area contributed by atoms with Crippen molar-refractivity contribution < 1.29 is 13.2 Å². The molecule has 0 saturated carbocycles. The van der Waals surface area contributed by atoms with Crippen molar-refractivity contribution in [1.29, 1.82) is 0 Å². The number of anilines is 1. The van der Waals surface area contributed by atoms with Gasteiger partial charge in [0.05, 0.1) is 12.0 Å². The minimum Gasteiger partial charge on any atom is -0.495 e. The first kappa shape index (κ1) is 20.8. The van der Waals surface area contributed by atoms with Gasteiger partial charge in [0.1, 0.15) is 11.3 Å². The van der Waals surface area contributed by atoms with E-state index in [9.17, 15) is 8.42 Å². The summed E-state index contributed by atoms with van der Waals surface area (Å²) in [4.78, 5) is 2.40. The average molecular weight is 442 g/mol. The number of rotatable bonds is 4. The summed E-state index contributed by atoms with van der Waals surface area (Å²) in [6.07, 6.45) is 1.58. The van der Waals surface area contributed by atoms with E-state index >= 15 is 0 Å². The molecular weight excluding hydrogens is 421 g/mol. The van der Waals surface area contributed by atoms with E-state index in [1.54, 1.807) is 31.5 Å². The maximum absolute atomic E-state index is 13.2. The van der Waals surface area contributed by atoms with E-state index in [1.807, 2.05) is 18.2 Å². The molecule has 0 amide bonds. The van der Waals surface area contributed by atoms with Crippen molar-refractivity contribution in [3.8, 4) is 5.75 Å². The zero-order chi connectivity index (χ0) is 19.0. The Kier molecular flexibility index (Phi) is 6.09. The second kappa shape index (κ2) is 8.21. The fourth-order valence-corrected chi connectivity index (χ4v) is 5.13. The molecule has 1 aliphatic heterocycles. The molecule has 0 radical (unpaired) electrons. The third-order valence-electron chi connectivity index (χ3n) is 4.78. The normalized spacial score (nSPS) is 14.7. The molecule has 1 saturated heterocycles. The van der Waals surface area contributed by atoms with Crippen LogP contribution in [0.5, 0.6) is 5.75 Å². The van der Waals surface area contributed by atoms with E-state index in [1.165, 1.54) is 10.0 Å². The summed E-state index contributed by atoms with van der Waals surface area (Å²) < 4.78 is 33.2. The summed E-state index contributed by atoms with van der Waals surface area (Å²) in [5.41, 5.74) is 1.54. The van der Waals surface area contributed by atoms with Crippen molar-refractivity contribution >= 4 is 50.6 Å². The Bertz CT molecular complexity index is 1090. The topological polar surface area (TPSA) is 63.6 Å². The van der Waals surface area contributed by atoms with Gasteiger partial charge in [0.25, 0.3) is 10.0 Å². The summed E-state index contributed by atoms with van der Waals surface area (Å²) in [6.45, 7) is 3.53. The number of hydrogen-bond acceptors (Lipinski definition) is 5. The van der Waals surface area contributed by atoms with Crippen LogP contribution >= 0.6 is 24.0 Å². The van der Waals surface area contributed by atoms with Gasteiger partial charge in [-0.05, 0) is 36.4 Å². The van der Waals surface area contributed by atoms with E-state index in [0.29, 0.717) is 16.3 Å². The number of hydrogen-bond donors (Lipinski definition) is 1. The summed E-state index contributed by atoms with van der Waals surface area (Å²) in [5.74, 6) is 0.513. The third kappa shape index (κ3) is 3.55. The number of aromatic nitrogens is 1. The molecule has 0 aliphatic carbocycles. The lowest BCUT2D eigenvalue weighted by atomic mass is 10.1. The van der Waals surface area contributed by atoms with E-state index in [2.05, 4.69) is 10.2 Å². The maximum atomic E-state index is 13.2. The van der Waals surface area contributed by atoms with Crippen molar-refractivity contribution in [2.75, 3.05) is 38.2 Å². The van der Waals surface area contributed by atoms with Crippen LogP contribution < -0.4 is 15.0 Å². The lowest BCUT2D eigenvalue weighted by Crippen LogP contribution is -2.43. The summed E-state index contributed by atoms with van der Waals surface area (Å²) in [5, 5.41) is 4.56. The number of piperazine rings is 1. The van der Waals surface area contributed by atoms with E-state index in [4.69, 9.17) is 16.3 Å². The molecule has 1 N–H and O–H groups in total. The van der Waals surface area contributed by atoms with Crippen LogP contribution in [0.3, 0.4) is 0 Å². The van der Waals surface area contributed by atoms with E-state index < -0.39 is 10.0 Å². The Hall–Kier alpha value is -1.93. The van der Waals surface area contributed by atoms with Crippen LogP contribution in [0.15, 0.2) is 53.6 Å². The zero-order valence-electron chi connectivity index (χ0n) is 15.3. The predicted molar refractivity (Wildman–Crippen MR) is 115 cm³/mol. The number of ether oxygens (including phenoxy) is 1. The van der Waals surface area contributed by atoms with Crippen molar-refractivity contribution in [2.45, 2.75) is 4.90 Å². The molecule has 2 aromatic carbocycles. The Balaban J connectivity index is 0.00000225. The van der Waals surface area contributed by atoms with Crippen LogP contribution in [0.1, 0.15) is 0 Å². The molecule has 0 spiro atoms. The number of nitrogens with one attached hydrogen (secondary N) is 1. The van der Waals surface area contributed by atoms with E-state index in [-0.39, 0.29) is 17.3 Å². The summed E-state index contributed by atoms with van der Waals surface area (Å²) in [7, 11) is -2.26. The standard InChI is InChI=1S/C19H20ClN3O3S.ClH/c1-26-18-6-5-17(22-11-8-21-9-12-22)16-7-10-23(19(16)18)27(24,25)15-4-2-3-14(20)13-15;/h2-7,10,13,21H,8-9,11-12H2,1H3;1H. The minimum absolute atomic E-state index is 0. The molecule has 6 nitrogen and oxygen atoms in total. The molecule has 4 rings (SSSR count). The average Bonchev–Trinajstić information content (AvgIpc) is 3.14.